The van der Waals surface area contributed by atoms with Gasteiger partial charge >= 0.3 is 0 Å². The monoisotopic (exact) mass is 251 g/mol. The molecule has 0 saturated carbocycles. The second kappa shape index (κ2) is 4.80. The maximum atomic E-state index is 5.72. The van der Waals surface area contributed by atoms with E-state index in [-0.39, 0.29) is 5.28 Å². The van der Waals surface area contributed by atoms with Crippen LogP contribution in [0.1, 0.15) is 11.3 Å². The van der Waals surface area contributed by atoms with Crippen molar-refractivity contribution < 1.29 is 0 Å². The quantitative estimate of drug-likeness (QED) is 0.606. The summed E-state index contributed by atoms with van der Waals surface area (Å²) in [6.07, 6.45) is 1.64. The van der Waals surface area contributed by atoms with Gasteiger partial charge in [0.2, 0.25) is 5.28 Å². The lowest BCUT2D eigenvalue weighted by atomic mass is 10.3. The van der Waals surface area contributed by atoms with Crippen molar-refractivity contribution in [1.82, 2.24) is 15.0 Å². The Morgan fingerprint density at radius 2 is 1.94 bits per heavy atom. The first-order valence-electron chi connectivity index (χ1n) is 4.75. The molecule has 5 heteroatoms. The van der Waals surface area contributed by atoms with E-state index in [1.165, 1.54) is 17.3 Å². The SMILES string of the molecule is Cc1cc(C)nc(Sc2ccnc(Cl)n2)c1. The largest absolute Gasteiger partial charge is 0.246 e. The third-order valence-corrected chi connectivity index (χ3v) is 2.92. The molecule has 0 aromatic carbocycles. The van der Waals surface area contributed by atoms with Crippen molar-refractivity contribution in [2.24, 2.45) is 0 Å². The van der Waals surface area contributed by atoms with Crippen LogP contribution in [0.3, 0.4) is 0 Å². The predicted molar refractivity (Wildman–Crippen MR) is 64.9 cm³/mol. The van der Waals surface area contributed by atoms with Gasteiger partial charge in [0.05, 0.1) is 0 Å². The molecule has 0 aliphatic heterocycles. The van der Waals surface area contributed by atoms with Crippen LogP contribution in [0.4, 0.5) is 0 Å². The molecule has 0 amide bonds. The van der Waals surface area contributed by atoms with Crippen molar-refractivity contribution in [3.63, 3.8) is 0 Å². The maximum absolute atomic E-state index is 5.72. The summed E-state index contributed by atoms with van der Waals surface area (Å²) in [5, 5.41) is 1.99. The normalized spacial score (nSPS) is 10.4. The lowest BCUT2D eigenvalue weighted by Crippen LogP contribution is -1.89. The van der Waals surface area contributed by atoms with E-state index in [9.17, 15) is 0 Å². The van der Waals surface area contributed by atoms with Crippen LogP contribution in [-0.4, -0.2) is 15.0 Å². The molecular weight excluding hydrogens is 242 g/mol. The third-order valence-electron chi connectivity index (χ3n) is 1.88. The minimum Gasteiger partial charge on any atom is -0.246 e. The Morgan fingerprint density at radius 3 is 2.62 bits per heavy atom. The van der Waals surface area contributed by atoms with Crippen LogP contribution in [0, 0.1) is 13.8 Å². The molecular formula is C11H10ClN3S. The molecule has 2 aromatic rings. The zero-order chi connectivity index (χ0) is 11.5. The average molecular weight is 252 g/mol. The molecule has 0 saturated heterocycles. The van der Waals surface area contributed by atoms with Gasteiger partial charge in [0.25, 0.3) is 0 Å². The molecule has 2 rings (SSSR count). The smallest absolute Gasteiger partial charge is 0.223 e. The van der Waals surface area contributed by atoms with Gasteiger partial charge in [-0.1, -0.05) is 0 Å². The fraction of sp³-hybridized carbons (Fsp3) is 0.182. The number of rotatable bonds is 2. The van der Waals surface area contributed by atoms with Gasteiger partial charge in [-0.25, -0.2) is 15.0 Å². The van der Waals surface area contributed by atoms with Gasteiger partial charge in [0.15, 0.2) is 0 Å². The van der Waals surface area contributed by atoms with Crippen LogP contribution >= 0.6 is 23.4 Å². The molecule has 0 radical (unpaired) electrons. The van der Waals surface area contributed by atoms with E-state index in [0.717, 1.165) is 15.7 Å². The molecule has 0 atom stereocenters. The summed E-state index contributed by atoms with van der Waals surface area (Å²) in [4.78, 5) is 12.4. The Labute approximate surface area is 103 Å². The molecule has 16 heavy (non-hydrogen) atoms. The molecule has 0 unspecified atom stereocenters. The minimum absolute atomic E-state index is 0.259. The summed E-state index contributed by atoms with van der Waals surface area (Å²) in [6, 6.07) is 5.88. The number of nitrogens with zero attached hydrogens (tertiary/aromatic N) is 3. The number of hydrogen-bond acceptors (Lipinski definition) is 4. The van der Waals surface area contributed by atoms with Gasteiger partial charge in [-0.05, 0) is 61.0 Å². The number of aromatic nitrogens is 3. The lowest BCUT2D eigenvalue weighted by Gasteiger charge is -2.03. The molecule has 2 aromatic heterocycles. The Balaban J connectivity index is 2.27. The van der Waals surface area contributed by atoms with E-state index in [0.29, 0.717) is 0 Å². The summed E-state index contributed by atoms with van der Waals surface area (Å²) in [7, 11) is 0. The zero-order valence-electron chi connectivity index (χ0n) is 8.94. The highest BCUT2D eigenvalue weighted by Crippen LogP contribution is 2.25. The maximum Gasteiger partial charge on any atom is 0.223 e. The third kappa shape index (κ3) is 2.93. The highest BCUT2D eigenvalue weighted by atomic mass is 35.5. The Kier molecular flexibility index (Phi) is 3.41. The van der Waals surface area contributed by atoms with Crippen LogP contribution in [0.2, 0.25) is 5.28 Å². The topological polar surface area (TPSA) is 38.7 Å². The van der Waals surface area contributed by atoms with Crippen LogP contribution in [0.25, 0.3) is 0 Å². The Hall–Kier alpha value is -1.13. The number of hydrogen-bond donors (Lipinski definition) is 0. The van der Waals surface area contributed by atoms with Gasteiger partial charge in [0, 0.05) is 11.9 Å². The van der Waals surface area contributed by atoms with E-state index < -0.39 is 0 Å². The van der Waals surface area contributed by atoms with Crippen molar-refractivity contribution in [3.05, 3.63) is 40.9 Å². The molecule has 0 aliphatic carbocycles. The van der Waals surface area contributed by atoms with Gasteiger partial charge in [-0.3, -0.25) is 0 Å². The summed E-state index contributed by atoms with van der Waals surface area (Å²) >= 11 is 7.20. The molecule has 0 fully saturated rings. The zero-order valence-corrected chi connectivity index (χ0v) is 10.5. The summed E-state index contributed by atoms with van der Waals surface area (Å²) < 4.78 is 0. The standard InChI is InChI=1S/C11H10ClN3S/c1-7-5-8(2)14-10(6-7)16-9-3-4-13-11(12)15-9/h3-6H,1-2H3. The predicted octanol–water partition coefficient (Wildman–Crippen LogP) is 3.29. The fourth-order valence-corrected chi connectivity index (χ4v) is 2.45. The Bertz CT molecular complexity index is 496. The molecule has 2 heterocycles. The second-order valence-corrected chi connectivity index (χ2v) is 4.77. The number of halogens is 1. The van der Waals surface area contributed by atoms with E-state index in [1.807, 2.05) is 32.0 Å². The van der Waals surface area contributed by atoms with Gasteiger partial charge < -0.3 is 0 Å². The van der Waals surface area contributed by atoms with Crippen molar-refractivity contribution in [1.29, 1.82) is 0 Å². The van der Waals surface area contributed by atoms with Crippen LogP contribution in [0.15, 0.2) is 34.4 Å². The van der Waals surface area contributed by atoms with Crippen molar-refractivity contribution in [2.75, 3.05) is 0 Å². The molecule has 0 spiro atoms. The number of aryl methyl sites for hydroxylation is 2. The van der Waals surface area contributed by atoms with E-state index in [4.69, 9.17) is 11.6 Å². The molecule has 82 valence electrons. The molecule has 0 N–H and O–H groups in total. The summed E-state index contributed by atoms with van der Waals surface area (Å²) in [5.74, 6) is 0. The van der Waals surface area contributed by atoms with E-state index >= 15 is 0 Å². The van der Waals surface area contributed by atoms with Crippen LogP contribution < -0.4 is 0 Å². The van der Waals surface area contributed by atoms with Crippen LogP contribution in [0.5, 0.6) is 0 Å². The van der Waals surface area contributed by atoms with Gasteiger partial charge in [-0.15, -0.1) is 0 Å². The molecule has 0 aliphatic rings. The molecule has 0 bridgehead atoms. The van der Waals surface area contributed by atoms with Gasteiger partial charge in [0.1, 0.15) is 10.1 Å². The lowest BCUT2D eigenvalue weighted by molar-refractivity contribution is 1.02. The first kappa shape index (κ1) is 11.4. The Morgan fingerprint density at radius 1 is 1.12 bits per heavy atom. The summed E-state index contributed by atoms with van der Waals surface area (Å²) in [6.45, 7) is 4.02. The average Bonchev–Trinajstić information content (AvgIpc) is 2.15. The number of pyridine rings is 1. The van der Waals surface area contributed by atoms with Crippen molar-refractivity contribution in [2.45, 2.75) is 23.9 Å². The van der Waals surface area contributed by atoms with E-state index in [2.05, 4.69) is 15.0 Å². The highest BCUT2D eigenvalue weighted by molar-refractivity contribution is 7.99. The van der Waals surface area contributed by atoms with Crippen molar-refractivity contribution >= 4 is 23.4 Å². The highest BCUT2D eigenvalue weighted by Gasteiger charge is 2.03. The fourth-order valence-electron chi connectivity index (χ4n) is 1.34. The first-order valence-corrected chi connectivity index (χ1v) is 5.94. The van der Waals surface area contributed by atoms with Crippen molar-refractivity contribution in [3.8, 4) is 0 Å². The minimum atomic E-state index is 0.259. The summed E-state index contributed by atoms with van der Waals surface area (Å²) in [5.41, 5.74) is 2.19. The second-order valence-electron chi connectivity index (χ2n) is 3.39. The van der Waals surface area contributed by atoms with Crippen LogP contribution in [-0.2, 0) is 0 Å². The van der Waals surface area contributed by atoms with E-state index in [1.54, 1.807) is 6.20 Å². The first-order chi connectivity index (χ1) is 7.63. The van der Waals surface area contributed by atoms with Gasteiger partial charge in [-0.2, -0.15) is 0 Å². The molecule has 3 nitrogen and oxygen atoms in total.